The van der Waals surface area contributed by atoms with Crippen LogP contribution in [0.2, 0.25) is 0 Å². The Labute approximate surface area is 426 Å². The van der Waals surface area contributed by atoms with Crippen molar-refractivity contribution in [1.82, 2.24) is 0 Å². The van der Waals surface area contributed by atoms with Gasteiger partial charge < -0.3 is 47.9 Å². The Bertz CT molecular complexity index is 1770. The average Bonchev–Trinajstić information content (AvgIpc) is 3.77. The molecule has 4 aliphatic heterocycles. The highest BCUT2D eigenvalue weighted by molar-refractivity contribution is 8.09. The SMILES string of the molecule is C=S(Cc1ccccc1)OC1C(CCC)CCOC1C.CCC(C)C(O)C/C=C\C1CC(OC(C)=O)CC(C/C=C(\C)CC/C=C/C=C2\COC3C(O)C(C)=CCC23)O1.CO.COC1CCOC(C)C1. The van der Waals surface area contributed by atoms with Gasteiger partial charge >= 0.3 is 5.97 Å². The molecule has 4 fully saturated rings. The lowest BCUT2D eigenvalue weighted by atomic mass is 9.82. The molecular weight excluding hydrogens is 905 g/mol. The first-order chi connectivity index (χ1) is 33.7. The summed E-state index contributed by atoms with van der Waals surface area (Å²) in [6, 6.07) is 10.5. The van der Waals surface area contributed by atoms with Gasteiger partial charge in [-0.25, -0.2) is 0 Å². The number of carbonyl (C=O) groups is 1. The van der Waals surface area contributed by atoms with Crippen LogP contribution >= 0.6 is 10.8 Å². The summed E-state index contributed by atoms with van der Waals surface area (Å²) in [4.78, 5) is 11.6. The maximum atomic E-state index is 11.6. The van der Waals surface area contributed by atoms with Gasteiger partial charge in [0.15, 0.2) is 0 Å². The van der Waals surface area contributed by atoms with E-state index in [-0.39, 0.29) is 71.3 Å². The van der Waals surface area contributed by atoms with Crippen LogP contribution in [0.25, 0.3) is 0 Å². The van der Waals surface area contributed by atoms with E-state index in [4.69, 9.17) is 37.7 Å². The number of esters is 1. The van der Waals surface area contributed by atoms with Crippen molar-refractivity contribution < 1.29 is 52.7 Å². The molecule has 0 amide bonds. The molecule has 4 heterocycles. The highest BCUT2D eigenvalue weighted by Crippen LogP contribution is 2.38. The molecule has 14 unspecified atom stereocenters. The third-order valence-corrected chi connectivity index (χ3v) is 15.2. The molecule has 0 saturated carbocycles. The second-order valence-electron chi connectivity index (χ2n) is 19.7. The van der Waals surface area contributed by atoms with Gasteiger partial charge in [-0.1, -0.05) is 123 Å². The first-order valence-corrected chi connectivity index (χ1v) is 27.8. The summed E-state index contributed by atoms with van der Waals surface area (Å²) < 4.78 is 40.3. The Hall–Kier alpha value is -2.75. The number of carbonyl (C=O) groups excluding carboxylic acids is 1. The van der Waals surface area contributed by atoms with Crippen molar-refractivity contribution in [2.45, 2.75) is 206 Å². The average molecular weight is 999 g/mol. The maximum Gasteiger partial charge on any atom is 0.302 e. The Morgan fingerprint density at radius 2 is 1.74 bits per heavy atom. The van der Waals surface area contributed by atoms with Crippen LogP contribution in [-0.4, -0.2) is 122 Å². The van der Waals surface area contributed by atoms with E-state index in [0.717, 1.165) is 83.0 Å². The molecule has 12 heteroatoms. The van der Waals surface area contributed by atoms with E-state index in [1.165, 1.54) is 36.5 Å². The van der Waals surface area contributed by atoms with Crippen LogP contribution in [-0.2, 0) is 43.2 Å². The van der Waals surface area contributed by atoms with Gasteiger partial charge in [-0.2, -0.15) is 0 Å². The van der Waals surface area contributed by atoms with Gasteiger partial charge in [-0.3, -0.25) is 4.79 Å². The van der Waals surface area contributed by atoms with Gasteiger partial charge in [0.25, 0.3) is 0 Å². The summed E-state index contributed by atoms with van der Waals surface area (Å²) in [5.41, 5.74) is 4.89. The third-order valence-electron chi connectivity index (χ3n) is 14.1. The maximum absolute atomic E-state index is 11.6. The lowest BCUT2D eigenvalue weighted by molar-refractivity contribution is -0.156. The molecule has 0 bridgehead atoms. The van der Waals surface area contributed by atoms with Gasteiger partial charge in [0.05, 0.1) is 49.3 Å². The number of fused-ring (bicyclic) bond motifs is 1. The largest absolute Gasteiger partial charge is 0.462 e. The predicted molar refractivity (Wildman–Crippen MR) is 287 cm³/mol. The number of hydrogen-bond acceptors (Lipinski definition) is 11. The van der Waals surface area contributed by atoms with E-state index in [0.29, 0.717) is 44.0 Å². The number of benzene rings is 1. The Balaban J connectivity index is 0.000000343. The van der Waals surface area contributed by atoms with Crippen LogP contribution in [0.5, 0.6) is 0 Å². The van der Waals surface area contributed by atoms with Gasteiger partial charge in [0.1, 0.15) is 18.3 Å². The lowest BCUT2D eigenvalue weighted by Crippen LogP contribution is -2.40. The predicted octanol–water partition coefficient (Wildman–Crippen LogP) is 11.4. The van der Waals surface area contributed by atoms with Crippen LogP contribution in [0.3, 0.4) is 0 Å². The summed E-state index contributed by atoms with van der Waals surface area (Å²) in [5, 5.41) is 27.6. The number of ether oxygens (including phenoxy) is 6. The summed E-state index contributed by atoms with van der Waals surface area (Å²) in [7, 11) is 2.47. The van der Waals surface area contributed by atoms with Crippen molar-refractivity contribution in [3.63, 3.8) is 0 Å². The monoisotopic (exact) mass is 999 g/mol. The zero-order valence-corrected chi connectivity index (χ0v) is 45.5. The van der Waals surface area contributed by atoms with Gasteiger partial charge in [0, 0.05) is 58.9 Å². The molecule has 1 aliphatic carbocycles. The molecular formula is C58H94O11S. The number of rotatable bonds is 19. The zero-order chi connectivity index (χ0) is 51.4. The highest BCUT2D eigenvalue weighted by Gasteiger charge is 2.40. The quantitative estimate of drug-likeness (QED) is 0.0693. The smallest absolute Gasteiger partial charge is 0.302 e. The van der Waals surface area contributed by atoms with Crippen LogP contribution in [0.1, 0.15) is 144 Å². The number of aliphatic hydroxyl groups excluding tert-OH is 3. The first-order valence-electron chi connectivity index (χ1n) is 26.3. The third kappa shape index (κ3) is 22.6. The van der Waals surface area contributed by atoms with Gasteiger partial charge in [0.2, 0.25) is 0 Å². The number of allylic oxidation sites excluding steroid dienone is 5. The Kier molecular flexibility index (Phi) is 30.4. The lowest BCUT2D eigenvalue weighted by Gasteiger charge is -2.36. The van der Waals surface area contributed by atoms with E-state index in [1.807, 2.05) is 25.1 Å². The molecule has 0 radical (unpaired) electrons. The fourth-order valence-electron chi connectivity index (χ4n) is 9.61. The number of hydrogen-bond donors (Lipinski definition) is 3. The summed E-state index contributed by atoms with van der Waals surface area (Å²) in [5.74, 6) is 6.01. The van der Waals surface area contributed by atoms with Crippen molar-refractivity contribution in [3.8, 4) is 0 Å². The van der Waals surface area contributed by atoms with Crippen molar-refractivity contribution in [2.24, 2.45) is 17.8 Å². The van der Waals surface area contributed by atoms with Crippen molar-refractivity contribution in [3.05, 3.63) is 95.1 Å². The minimum absolute atomic E-state index is 0.00805. The Morgan fingerprint density at radius 3 is 2.41 bits per heavy atom. The number of methoxy groups -OCH3 is 1. The molecule has 14 atom stereocenters. The second-order valence-corrected chi connectivity index (χ2v) is 21.1. The highest BCUT2D eigenvalue weighted by atomic mass is 32.2. The normalized spacial score (nSPS) is 30.9. The minimum Gasteiger partial charge on any atom is -0.462 e. The van der Waals surface area contributed by atoms with Crippen LogP contribution in [0.15, 0.2) is 89.6 Å². The van der Waals surface area contributed by atoms with E-state index in [2.05, 4.69) is 102 Å². The molecule has 0 spiro atoms. The van der Waals surface area contributed by atoms with Gasteiger partial charge in [-0.15, -0.1) is 0 Å². The number of aliphatic hydroxyl groups is 3. The minimum atomic E-state index is -0.488. The van der Waals surface area contributed by atoms with Crippen LogP contribution in [0.4, 0.5) is 0 Å². The van der Waals surface area contributed by atoms with Crippen LogP contribution in [0, 0.1) is 17.8 Å². The molecule has 398 valence electrons. The van der Waals surface area contributed by atoms with E-state index in [9.17, 15) is 15.0 Å². The van der Waals surface area contributed by atoms with E-state index < -0.39 is 6.10 Å². The summed E-state index contributed by atoms with van der Waals surface area (Å²) >= 11 is 0. The molecule has 5 aliphatic rings. The van der Waals surface area contributed by atoms with E-state index >= 15 is 0 Å². The molecule has 6 rings (SSSR count). The first kappa shape index (κ1) is 61.5. The van der Waals surface area contributed by atoms with Crippen LogP contribution < -0.4 is 0 Å². The standard InChI is InChI=1S/C33H50O6.C17H26O2S.C7H14O2.CH4O/c1-6-23(3)31(35)14-10-13-27-19-29(38-25(5)34)20-28(39-27)17-15-22(2)11-8-7-9-12-26-21-37-33-30(26)18-16-24(4)32(33)36;1-4-8-16-11-12-18-14(2)17(16)19-20(3)13-15-9-6-5-7-10-15;1-6-5-7(8-2)3-4-9-6;1-2/h7,9-10,12-13,15-16,23,27-33,35-36H,6,8,11,14,17-21H2,1-5H3;5-7,9-10,14,16-17H,3-4,8,11-13H2,1-2H3;6-7H,3-5H2,1-2H3;2H,1H3/b9-7+,13-10-,22-15+,26-12+;;;. The summed E-state index contributed by atoms with van der Waals surface area (Å²) in [6.45, 7) is 18.5. The topological polar surface area (TPSA) is 142 Å². The fourth-order valence-corrected chi connectivity index (χ4v) is 10.9. The second kappa shape index (κ2) is 34.6. The molecule has 1 aromatic carbocycles. The molecule has 4 saturated heterocycles. The zero-order valence-electron chi connectivity index (χ0n) is 44.7. The molecule has 70 heavy (non-hydrogen) atoms. The fraction of sp³-hybridized carbons (Fsp3) is 0.690. The molecule has 1 aromatic rings. The van der Waals surface area contributed by atoms with E-state index in [1.54, 1.807) is 7.11 Å². The van der Waals surface area contributed by atoms with Crippen molar-refractivity contribution >= 4 is 22.6 Å². The van der Waals surface area contributed by atoms with Crippen molar-refractivity contribution in [1.29, 1.82) is 0 Å². The molecule has 11 nitrogen and oxygen atoms in total. The summed E-state index contributed by atoms with van der Waals surface area (Å²) in [6.07, 6.45) is 27.1. The molecule has 0 aromatic heterocycles. The van der Waals surface area contributed by atoms with Crippen molar-refractivity contribution in [2.75, 3.05) is 34.0 Å². The van der Waals surface area contributed by atoms with Gasteiger partial charge in [-0.05, 0) is 120 Å². The Morgan fingerprint density at radius 1 is 1.00 bits per heavy atom. The molecule has 3 N–H and O–H groups in total.